The molecule has 0 radical (unpaired) electrons. The van der Waals surface area contributed by atoms with Crippen molar-refractivity contribution in [3.63, 3.8) is 0 Å². The van der Waals surface area contributed by atoms with Gasteiger partial charge in [0, 0.05) is 12.7 Å². The van der Waals surface area contributed by atoms with E-state index in [4.69, 9.17) is 4.42 Å². The van der Waals surface area contributed by atoms with Crippen molar-refractivity contribution < 1.29 is 22.4 Å². The Labute approximate surface area is 227 Å². The summed E-state index contributed by atoms with van der Waals surface area (Å²) in [4.78, 5) is 26.4. The molecule has 0 bridgehead atoms. The molecule has 1 amide bonds. The number of nitrogens with one attached hydrogen (secondary N) is 3. The lowest BCUT2D eigenvalue weighted by atomic mass is 9.92. The summed E-state index contributed by atoms with van der Waals surface area (Å²) in [5, 5.41) is 10.7. The average molecular weight is 557 g/mol. The second-order valence-corrected chi connectivity index (χ2v) is 9.52. The van der Waals surface area contributed by atoms with Crippen molar-refractivity contribution in [3.05, 3.63) is 81.9 Å². The summed E-state index contributed by atoms with van der Waals surface area (Å²) < 4.78 is 47.7. The van der Waals surface area contributed by atoms with E-state index >= 15 is 0 Å². The molecule has 1 unspecified atom stereocenters. The van der Waals surface area contributed by atoms with Gasteiger partial charge in [-0.25, -0.2) is 4.99 Å². The van der Waals surface area contributed by atoms with Crippen LogP contribution < -0.4 is 16.0 Å². The lowest BCUT2D eigenvalue weighted by Gasteiger charge is -2.28. The van der Waals surface area contributed by atoms with Crippen molar-refractivity contribution >= 4 is 45.9 Å². The molecule has 2 aromatic carbocycles. The van der Waals surface area contributed by atoms with Crippen LogP contribution in [-0.4, -0.2) is 29.1 Å². The number of allylic oxidation sites excluding steroid dienone is 2. The standard InChI is InChI=1S/C27H27F3N6O2S/c1-5-15(2)14-39-26(31-4)35-23(37)21-16(3)32-24(36-25-33-19-12-8-9-13-20(19)38-25)34-22(21)17-10-6-7-11-18(17)27(28,29)30/h6-14,22H,5H2,1-4H3,(H,31,35,37)(H2,32,33,34,36)/b15-14+. The van der Waals surface area contributed by atoms with Crippen molar-refractivity contribution in [2.24, 2.45) is 9.98 Å². The van der Waals surface area contributed by atoms with Crippen molar-refractivity contribution in [1.82, 2.24) is 15.6 Å². The van der Waals surface area contributed by atoms with Gasteiger partial charge in [0.05, 0.1) is 11.1 Å². The van der Waals surface area contributed by atoms with Crippen LogP contribution in [0, 0.1) is 0 Å². The summed E-state index contributed by atoms with van der Waals surface area (Å²) in [6, 6.07) is 11.0. The summed E-state index contributed by atoms with van der Waals surface area (Å²) in [6.45, 7) is 5.55. The molecule has 3 aromatic rings. The number of carbonyl (C=O) groups excluding carboxylic acids is 1. The first kappa shape index (κ1) is 28.0. The van der Waals surface area contributed by atoms with E-state index in [1.807, 2.05) is 19.3 Å². The number of para-hydroxylation sites is 2. The maximum atomic E-state index is 14.0. The number of anilines is 1. The molecule has 0 aliphatic carbocycles. The summed E-state index contributed by atoms with van der Waals surface area (Å²) >= 11 is 1.22. The SMILES string of the molecule is CC/C(C)=C/S/C(=N\C)NC(=O)C1=C(C)NC(Nc2nc3ccccc3o2)=NC1c1ccccc1C(F)(F)F. The number of aliphatic imine (C=N–C) groups is 2. The molecule has 204 valence electrons. The third kappa shape index (κ3) is 6.51. The van der Waals surface area contributed by atoms with Crippen LogP contribution >= 0.6 is 11.8 Å². The fourth-order valence-corrected chi connectivity index (χ4v) is 4.56. The smallest absolute Gasteiger partial charge is 0.416 e. The Kier molecular flexibility index (Phi) is 8.44. The lowest BCUT2D eigenvalue weighted by molar-refractivity contribution is -0.138. The van der Waals surface area contributed by atoms with Crippen molar-refractivity contribution in [2.75, 3.05) is 12.4 Å². The van der Waals surface area contributed by atoms with E-state index in [1.54, 1.807) is 31.2 Å². The second-order valence-electron chi connectivity index (χ2n) is 8.66. The molecule has 1 aliphatic rings. The minimum atomic E-state index is -4.66. The molecule has 0 saturated heterocycles. The number of benzene rings is 2. The first-order chi connectivity index (χ1) is 18.6. The number of guanidine groups is 1. The zero-order valence-corrected chi connectivity index (χ0v) is 22.5. The highest BCUT2D eigenvalue weighted by molar-refractivity contribution is 8.16. The van der Waals surface area contributed by atoms with Crippen molar-refractivity contribution in [1.29, 1.82) is 0 Å². The summed E-state index contributed by atoms with van der Waals surface area (Å²) in [6.07, 6.45) is -3.83. The number of thioether (sulfide) groups is 1. The number of amides is 1. The molecule has 0 fully saturated rings. The van der Waals surface area contributed by atoms with Gasteiger partial charge in [-0.05, 0) is 49.4 Å². The van der Waals surface area contributed by atoms with Gasteiger partial charge in [-0.15, -0.1) is 0 Å². The molecule has 8 nitrogen and oxygen atoms in total. The number of halogens is 3. The number of nitrogens with zero attached hydrogens (tertiary/aromatic N) is 3. The van der Waals surface area contributed by atoms with Crippen LogP contribution in [0.2, 0.25) is 0 Å². The molecular weight excluding hydrogens is 529 g/mol. The first-order valence-corrected chi connectivity index (χ1v) is 12.9. The number of carbonyl (C=O) groups is 1. The highest BCUT2D eigenvalue weighted by Gasteiger charge is 2.39. The van der Waals surface area contributed by atoms with Crippen LogP contribution in [0.25, 0.3) is 11.1 Å². The number of oxazole rings is 1. The van der Waals surface area contributed by atoms with Crippen LogP contribution in [0.1, 0.15) is 44.4 Å². The Morgan fingerprint density at radius 2 is 1.92 bits per heavy atom. The van der Waals surface area contributed by atoms with Crippen LogP contribution in [0.4, 0.5) is 19.2 Å². The van der Waals surface area contributed by atoms with E-state index in [9.17, 15) is 18.0 Å². The molecule has 3 N–H and O–H groups in total. The maximum Gasteiger partial charge on any atom is 0.416 e. The zero-order chi connectivity index (χ0) is 28.2. The van der Waals surface area contributed by atoms with E-state index in [0.717, 1.165) is 18.1 Å². The van der Waals surface area contributed by atoms with Gasteiger partial charge >= 0.3 is 12.2 Å². The van der Waals surface area contributed by atoms with Gasteiger partial charge in [0.25, 0.3) is 5.91 Å². The molecule has 1 atom stereocenters. The predicted octanol–water partition coefficient (Wildman–Crippen LogP) is 6.38. The largest absolute Gasteiger partial charge is 0.423 e. The van der Waals surface area contributed by atoms with Gasteiger partial charge in [-0.3, -0.25) is 15.1 Å². The molecule has 2 heterocycles. The fourth-order valence-electron chi connectivity index (χ4n) is 3.82. The number of hydrogen-bond donors (Lipinski definition) is 3. The average Bonchev–Trinajstić information content (AvgIpc) is 3.32. The third-order valence-corrected chi connectivity index (χ3v) is 6.95. The molecule has 39 heavy (non-hydrogen) atoms. The highest BCUT2D eigenvalue weighted by Crippen LogP contribution is 2.40. The topological polar surface area (TPSA) is 104 Å². The van der Waals surface area contributed by atoms with Crippen molar-refractivity contribution in [2.45, 2.75) is 39.4 Å². The van der Waals surface area contributed by atoms with Gasteiger partial charge in [-0.1, -0.05) is 54.6 Å². The van der Waals surface area contributed by atoms with Gasteiger partial charge in [0.15, 0.2) is 10.8 Å². The Morgan fingerprint density at radius 3 is 2.62 bits per heavy atom. The number of rotatable bonds is 5. The number of fused-ring (bicyclic) bond motifs is 1. The number of alkyl halides is 3. The Morgan fingerprint density at radius 1 is 1.21 bits per heavy atom. The lowest BCUT2D eigenvalue weighted by Crippen LogP contribution is -2.40. The minimum absolute atomic E-state index is 0.0211. The van der Waals surface area contributed by atoms with Gasteiger partial charge in [0.2, 0.25) is 5.96 Å². The van der Waals surface area contributed by atoms with Crippen LogP contribution in [0.5, 0.6) is 0 Å². The summed E-state index contributed by atoms with van der Waals surface area (Å²) in [7, 11) is 1.52. The van der Waals surface area contributed by atoms with E-state index < -0.39 is 23.7 Å². The van der Waals surface area contributed by atoms with E-state index in [1.165, 1.54) is 37.0 Å². The van der Waals surface area contributed by atoms with E-state index in [0.29, 0.717) is 22.0 Å². The van der Waals surface area contributed by atoms with E-state index in [2.05, 4.69) is 30.9 Å². The van der Waals surface area contributed by atoms with Crippen molar-refractivity contribution in [3.8, 4) is 0 Å². The van der Waals surface area contributed by atoms with Gasteiger partial charge < -0.3 is 15.1 Å². The maximum absolute atomic E-state index is 14.0. The number of amidine groups is 1. The third-order valence-electron chi connectivity index (χ3n) is 5.92. The first-order valence-electron chi connectivity index (χ1n) is 12.1. The molecule has 0 saturated carbocycles. The van der Waals surface area contributed by atoms with Gasteiger partial charge in [-0.2, -0.15) is 18.2 Å². The Balaban J connectivity index is 1.72. The minimum Gasteiger partial charge on any atom is -0.423 e. The highest BCUT2D eigenvalue weighted by atomic mass is 32.2. The van der Waals surface area contributed by atoms with Gasteiger partial charge in [0.1, 0.15) is 11.6 Å². The Bertz CT molecular complexity index is 1470. The molecule has 0 spiro atoms. The van der Waals surface area contributed by atoms with Crippen LogP contribution in [-0.2, 0) is 11.0 Å². The monoisotopic (exact) mass is 556 g/mol. The molecule has 1 aromatic heterocycles. The second kappa shape index (κ2) is 11.8. The summed E-state index contributed by atoms with van der Waals surface area (Å²) in [5.41, 5.74) is 1.48. The normalized spacial score (nSPS) is 16.7. The molecular formula is C27H27F3N6O2S. The Hall–Kier alpha value is -4.06. The van der Waals surface area contributed by atoms with Crippen LogP contribution in [0.15, 0.2) is 85.2 Å². The zero-order valence-electron chi connectivity index (χ0n) is 21.7. The van der Waals surface area contributed by atoms with Crippen LogP contribution in [0.3, 0.4) is 0 Å². The number of hydrogen-bond acceptors (Lipinski definition) is 8. The molecule has 1 aliphatic heterocycles. The fraction of sp³-hybridized carbons (Fsp3) is 0.259. The van der Waals surface area contributed by atoms with E-state index in [-0.39, 0.29) is 23.1 Å². The quantitative estimate of drug-likeness (QED) is 0.249. The molecule has 4 rings (SSSR count). The predicted molar refractivity (Wildman–Crippen MR) is 148 cm³/mol. The molecule has 12 heteroatoms. The number of aromatic nitrogens is 1. The summed E-state index contributed by atoms with van der Waals surface area (Å²) in [5.74, 6) is -0.542.